The molecule has 2 heterocycles. The lowest BCUT2D eigenvalue weighted by Crippen LogP contribution is -2.14. The minimum absolute atomic E-state index is 0.971. The summed E-state index contributed by atoms with van der Waals surface area (Å²) in [6, 6.07) is 16.7. The average molecular weight is 273 g/mol. The van der Waals surface area contributed by atoms with Gasteiger partial charge in [0.15, 0.2) is 0 Å². The second-order valence-corrected chi connectivity index (χ2v) is 5.22. The average Bonchev–Trinajstić information content (AvgIpc) is 2.82. The van der Waals surface area contributed by atoms with E-state index < -0.39 is 0 Å². The molecule has 2 aromatic carbocycles. The highest BCUT2D eigenvalue weighted by molar-refractivity contribution is 6.00. The number of allylic oxidation sites excluding steroid dienone is 1. The Morgan fingerprint density at radius 1 is 1.05 bits per heavy atom. The van der Waals surface area contributed by atoms with Gasteiger partial charge in [-0.3, -0.25) is 4.57 Å². The van der Waals surface area contributed by atoms with E-state index >= 15 is 0 Å². The smallest absolute Gasteiger partial charge is 0.119 e. The molecule has 0 saturated heterocycles. The Kier molecular flexibility index (Phi) is 2.48. The fourth-order valence-electron chi connectivity index (χ4n) is 3.11. The van der Waals surface area contributed by atoms with Gasteiger partial charge in [0, 0.05) is 17.2 Å². The molecule has 0 radical (unpaired) electrons. The number of aromatic nitrogens is 1. The molecule has 3 heteroatoms. The highest BCUT2D eigenvalue weighted by atomic mass is 15.2. The van der Waals surface area contributed by atoms with Gasteiger partial charge in [-0.05, 0) is 30.7 Å². The van der Waals surface area contributed by atoms with Crippen molar-refractivity contribution in [1.29, 1.82) is 5.41 Å². The monoisotopic (exact) mass is 273 g/mol. The van der Waals surface area contributed by atoms with Gasteiger partial charge in [-0.1, -0.05) is 36.4 Å². The van der Waals surface area contributed by atoms with Crippen molar-refractivity contribution in [2.75, 3.05) is 5.32 Å². The van der Waals surface area contributed by atoms with Crippen LogP contribution in [0, 0.1) is 12.3 Å². The minimum atomic E-state index is 0.971. The fraction of sp³-hybridized carbons (Fsp3) is 0.0556. The second kappa shape index (κ2) is 4.35. The van der Waals surface area contributed by atoms with Crippen molar-refractivity contribution in [1.82, 2.24) is 4.57 Å². The first-order chi connectivity index (χ1) is 10.3. The fourth-order valence-corrected chi connectivity index (χ4v) is 3.11. The molecule has 0 saturated carbocycles. The van der Waals surface area contributed by atoms with Gasteiger partial charge < -0.3 is 10.7 Å². The van der Waals surface area contributed by atoms with Gasteiger partial charge >= 0.3 is 0 Å². The van der Waals surface area contributed by atoms with Crippen molar-refractivity contribution in [2.24, 2.45) is 0 Å². The summed E-state index contributed by atoms with van der Waals surface area (Å²) in [6.07, 6.45) is 3.13. The molecule has 1 aliphatic rings. The molecular formula is C18H15N3. The molecule has 3 aromatic rings. The van der Waals surface area contributed by atoms with E-state index in [2.05, 4.69) is 59.3 Å². The van der Waals surface area contributed by atoms with Crippen LogP contribution in [0.15, 0.2) is 54.6 Å². The lowest BCUT2D eigenvalue weighted by molar-refractivity contribution is 1.09. The summed E-state index contributed by atoms with van der Waals surface area (Å²) in [5, 5.41) is 12.1. The molecule has 4 rings (SSSR count). The van der Waals surface area contributed by atoms with E-state index in [-0.39, 0.29) is 0 Å². The zero-order chi connectivity index (χ0) is 14.4. The number of nitrogens with zero attached hydrogens (tertiary/aromatic N) is 1. The predicted molar refractivity (Wildman–Crippen MR) is 88.4 cm³/mol. The van der Waals surface area contributed by atoms with Crippen molar-refractivity contribution in [2.45, 2.75) is 6.92 Å². The quantitative estimate of drug-likeness (QED) is 0.636. The lowest BCUT2D eigenvalue weighted by Gasteiger charge is -2.24. The molecule has 0 fully saturated rings. The summed E-state index contributed by atoms with van der Waals surface area (Å²) in [5.74, 6) is 1.09. The van der Waals surface area contributed by atoms with Gasteiger partial charge in [-0.15, -0.1) is 0 Å². The number of hydrogen-bond acceptors (Lipinski definition) is 2. The Labute approximate surface area is 123 Å². The molecular weight excluding hydrogens is 258 g/mol. The predicted octanol–water partition coefficient (Wildman–Crippen LogP) is 4.35. The summed E-state index contributed by atoms with van der Waals surface area (Å²) in [5.41, 5.74) is 5.69. The van der Waals surface area contributed by atoms with E-state index in [4.69, 9.17) is 5.41 Å². The molecule has 0 atom stereocenters. The van der Waals surface area contributed by atoms with Gasteiger partial charge in [0.25, 0.3) is 0 Å². The maximum Gasteiger partial charge on any atom is 0.119 e. The highest BCUT2D eigenvalue weighted by Crippen LogP contribution is 2.40. The van der Waals surface area contributed by atoms with E-state index in [1.807, 2.05) is 6.07 Å². The maximum absolute atomic E-state index is 7.38. The molecule has 0 unspecified atom stereocenters. The van der Waals surface area contributed by atoms with Crippen LogP contribution in [0.25, 0.3) is 22.3 Å². The molecule has 2 N–H and O–H groups in total. The first-order valence-corrected chi connectivity index (χ1v) is 6.99. The van der Waals surface area contributed by atoms with Crippen molar-refractivity contribution >= 4 is 28.6 Å². The molecule has 0 amide bonds. The van der Waals surface area contributed by atoms with Gasteiger partial charge in [0.1, 0.15) is 5.82 Å². The summed E-state index contributed by atoms with van der Waals surface area (Å²) in [4.78, 5) is 0. The molecule has 1 aromatic heterocycles. The molecule has 1 aliphatic heterocycles. The number of fused-ring (bicyclic) bond motifs is 5. The standard InChI is InChI=1S/C18H15N3/c1-12-13-6-2-4-8-16(13)21-17-9-5-3-7-14(17)15(10-11-19)20-18(12)21/h2-11,19-20H,1H3/b15-10-,19-11?. The van der Waals surface area contributed by atoms with E-state index in [0.29, 0.717) is 0 Å². The van der Waals surface area contributed by atoms with Crippen LogP contribution in [0.2, 0.25) is 0 Å². The Morgan fingerprint density at radius 3 is 2.67 bits per heavy atom. The van der Waals surface area contributed by atoms with Crippen LogP contribution in [-0.4, -0.2) is 10.8 Å². The third-order valence-electron chi connectivity index (χ3n) is 4.07. The number of anilines is 1. The first-order valence-electron chi connectivity index (χ1n) is 6.99. The maximum atomic E-state index is 7.38. The van der Waals surface area contributed by atoms with Crippen LogP contribution < -0.4 is 5.32 Å². The highest BCUT2D eigenvalue weighted by Gasteiger charge is 2.23. The van der Waals surface area contributed by atoms with Crippen LogP contribution in [0.5, 0.6) is 0 Å². The zero-order valence-electron chi connectivity index (χ0n) is 11.7. The molecule has 0 bridgehead atoms. The molecule has 0 spiro atoms. The van der Waals surface area contributed by atoms with Gasteiger partial charge in [-0.25, -0.2) is 0 Å². The SMILES string of the molecule is Cc1c2n(c3ccccc13)-c1ccccc1/C(=C/C=N)N2. The molecule has 102 valence electrons. The van der Waals surface area contributed by atoms with E-state index in [0.717, 1.165) is 22.8 Å². The largest absolute Gasteiger partial charge is 0.341 e. The molecule has 0 aliphatic carbocycles. The van der Waals surface area contributed by atoms with E-state index in [9.17, 15) is 0 Å². The van der Waals surface area contributed by atoms with Crippen LogP contribution in [0.3, 0.4) is 0 Å². The van der Waals surface area contributed by atoms with Gasteiger partial charge in [-0.2, -0.15) is 0 Å². The van der Waals surface area contributed by atoms with Crippen LogP contribution in [0.4, 0.5) is 5.82 Å². The van der Waals surface area contributed by atoms with Gasteiger partial charge in [0.05, 0.1) is 16.9 Å². The van der Waals surface area contributed by atoms with Crippen molar-refractivity contribution in [3.63, 3.8) is 0 Å². The van der Waals surface area contributed by atoms with Gasteiger partial charge in [0.2, 0.25) is 0 Å². The van der Waals surface area contributed by atoms with Crippen LogP contribution >= 0.6 is 0 Å². The summed E-state index contributed by atoms with van der Waals surface area (Å²) in [6.45, 7) is 2.14. The number of hydrogen-bond donors (Lipinski definition) is 2. The molecule has 3 nitrogen and oxygen atoms in total. The zero-order valence-corrected chi connectivity index (χ0v) is 11.7. The Bertz CT molecular complexity index is 900. The third-order valence-corrected chi connectivity index (χ3v) is 4.07. The topological polar surface area (TPSA) is 40.8 Å². The number of aryl methyl sites for hydroxylation is 1. The number of rotatable bonds is 1. The van der Waals surface area contributed by atoms with E-state index in [1.165, 1.54) is 22.7 Å². The Morgan fingerprint density at radius 2 is 1.81 bits per heavy atom. The van der Waals surface area contributed by atoms with E-state index in [1.54, 1.807) is 6.08 Å². The number of benzene rings is 2. The first kappa shape index (κ1) is 12.0. The number of nitrogens with one attached hydrogen (secondary N) is 2. The summed E-state index contributed by atoms with van der Waals surface area (Å²) >= 11 is 0. The lowest BCUT2D eigenvalue weighted by atomic mass is 10.1. The third kappa shape index (κ3) is 1.57. The normalized spacial score (nSPS) is 14.6. The number of para-hydroxylation sites is 2. The van der Waals surface area contributed by atoms with Crippen molar-refractivity contribution in [3.05, 3.63) is 65.7 Å². The van der Waals surface area contributed by atoms with Crippen molar-refractivity contribution in [3.8, 4) is 5.69 Å². The van der Waals surface area contributed by atoms with Crippen LogP contribution in [0.1, 0.15) is 11.1 Å². The molecule has 21 heavy (non-hydrogen) atoms. The Balaban J connectivity index is 2.15. The summed E-state index contributed by atoms with van der Waals surface area (Å²) in [7, 11) is 0. The minimum Gasteiger partial charge on any atom is -0.341 e. The summed E-state index contributed by atoms with van der Waals surface area (Å²) < 4.78 is 2.27. The second-order valence-electron chi connectivity index (χ2n) is 5.22. The Hall–Kier alpha value is -2.81. The van der Waals surface area contributed by atoms with Crippen molar-refractivity contribution < 1.29 is 0 Å². The van der Waals surface area contributed by atoms with Crippen LogP contribution in [-0.2, 0) is 0 Å².